The number of pyridine rings is 1. The molecule has 0 bridgehead atoms. The molecule has 4 nitrogen and oxygen atoms in total. The number of rotatable bonds is 3. The van der Waals surface area contributed by atoms with Gasteiger partial charge in [-0.05, 0) is 31.9 Å². The molecule has 0 aromatic carbocycles. The van der Waals surface area contributed by atoms with Gasteiger partial charge >= 0.3 is 0 Å². The average Bonchev–Trinajstić information content (AvgIpc) is 2.38. The minimum atomic E-state index is 0.758. The zero-order valence-corrected chi connectivity index (χ0v) is 11.3. The molecule has 0 aliphatic heterocycles. The van der Waals surface area contributed by atoms with Crippen LogP contribution >= 0.6 is 0 Å². The second-order valence-corrected chi connectivity index (χ2v) is 4.25. The van der Waals surface area contributed by atoms with Crippen LogP contribution in [0, 0.1) is 13.8 Å². The molecule has 1 N–H and O–H groups in total. The zero-order valence-electron chi connectivity index (χ0n) is 11.3. The normalized spacial score (nSPS) is 10.4. The molecular formula is C14H18N4. The summed E-state index contributed by atoms with van der Waals surface area (Å²) in [5, 5.41) is 3.15. The number of nitrogens with one attached hydrogen (secondary N) is 1. The second-order valence-electron chi connectivity index (χ2n) is 4.25. The van der Waals surface area contributed by atoms with Gasteiger partial charge in [-0.1, -0.05) is 6.92 Å². The number of hydrogen-bond donors (Lipinski definition) is 1. The van der Waals surface area contributed by atoms with Crippen LogP contribution in [0.25, 0.3) is 11.4 Å². The molecule has 2 aromatic heterocycles. The highest BCUT2D eigenvalue weighted by atomic mass is 15.0. The van der Waals surface area contributed by atoms with Crippen molar-refractivity contribution in [2.75, 3.05) is 12.4 Å². The van der Waals surface area contributed by atoms with Crippen molar-refractivity contribution in [1.29, 1.82) is 0 Å². The minimum Gasteiger partial charge on any atom is -0.373 e. The van der Waals surface area contributed by atoms with Gasteiger partial charge in [-0.3, -0.25) is 4.98 Å². The summed E-state index contributed by atoms with van der Waals surface area (Å²) in [6, 6.07) is 1.95. The summed E-state index contributed by atoms with van der Waals surface area (Å²) in [6.07, 6.45) is 4.53. The lowest BCUT2D eigenvalue weighted by molar-refractivity contribution is 1.000. The van der Waals surface area contributed by atoms with Crippen molar-refractivity contribution in [3.05, 3.63) is 35.3 Å². The van der Waals surface area contributed by atoms with Crippen LogP contribution in [-0.4, -0.2) is 22.0 Å². The molecule has 0 fully saturated rings. The molecule has 2 rings (SSSR count). The maximum absolute atomic E-state index is 4.60. The molecule has 0 aliphatic rings. The minimum absolute atomic E-state index is 0.758. The molecule has 0 saturated heterocycles. The summed E-state index contributed by atoms with van der Waals surface area (Å²) in [5.74, 6) is 1.67. The van der Waals surface area contributed by atoms with E-state index in [1.165, 1.54) is 5.56 Å². The van der Waals surface area contributed by atoms with Crippen LogP contribution in [0.2, 0.25) is 0 Å². The number of aryl methyl sites for hydroxylation is 2. The highest BCUT2D eigenvalue weighted by molar-refractivity contribution is 5.62. The Kier molecular flexibility index (Phi) is 3.55. The Labute approximate surface area is 108 Å². The van der Waals surface area contributed by atoms with Crippen LogP contribution < -0.4 is 5.32 Å². The molecule has 4 heteroatoms. The molecule has 0 saturated carbocycles. The largest absolute Gasteiger partial charge is 0.373 e. The zero-order chi connectivity index (χ0) is 13.1. The molecule has 0 radical (unpaired) electrons. The van der Waals surface area contributed by atoms with Crippen molar-refractivity contribution in [1.82, 2.24) is 15.0 Å². The first-order valence-electron chi connectivity index (χ1n) is 6.13. The Bertz CT molecular complexity index is 564. The van der Waals surface area contributed by atoms with Gasteiger partial charge in [-0.25, -0.2) is 9.97 Å². The molecule has 2 heterocycles. The molecule has 0 atom stereocenters. The van der Waals surface area contributed by atoms with Crippen molar-refractivity contribution < 1.29 is 0 Å². The standard InChI is InChI=1S/C14H18N4/c1-5-11-10(3)17-14(18-13(11)15-4)12-6-7-16-8-9(12)2/h6-8H,5H2,1-4H3,(H,15,17,18). The van der Waals surface area contributed by atoms with E-state index in [0.717, 1.165) is 34.9 Å². The predicted molar refractivity (Wildman–Crippen MR) is 73.7 cm³/mol. The Morgan fingerprint density at radius 1 is 1.22 bits per heavy atom. The summed E-state index contributed by atoms with van der Waals surface area (Å²) in [6.45, 7) is 6.17. The first-order chi connectivity index (χ1) is 8.67. The Balaban J connectivity index is 2.60. The molecular weight excluding hydrogens is 224 g/mol. The maximum Gasteiger partial charge on any atom is 0.162 e. The third kappa shape index (κ3) is 2.18. The fourth-order valence-corrected chi connectivity index (χ4v) is 2.07. The first-order valence-corrected chi connectivity index (χ1v) is 6.13. The van der Waals surface area contributed by atoms with E-state index in [1.807, 2.05) is 33.2 Å². The van der Waals surface area contributed by atoms with Crippen molar-refractivity contribution in [2.24, 2.45) is 0 Å². The molecule has 18 heavy (non-hydrogen) atoms. The van der Waals surface area contributed by atoms with Gasteiger partial charge in [0.05, 0.1) is 0 Å². The Morgan fingerprint density at radius 3 is 2.61 bits per heavy atom. The van der Waals surface area contributed by atoms with Crippen LogP contribution in [-0.2, 0) is 6.42 Å². The quantitative estimate of drug-likeness (QED) is 0.899. The van der Waals surface area contributed by atoms with E-state index in [0.29, 0.717) is 0 Å². The van der Waals surface area contributed by atoms with Crippen molar-refractivity contribution in [3.8, 4) is 11.4 Å². The summed E-state index contributed by atoms with van der Waals surface area (Å²) >= 11 is 0. The summed E-state index contributed by atoms with van der Waals surface area (Å²) < 4.78 is 0. The lowest BCUT2D eigenvalue weighted by Crippen LogP contribution is -2.05. The fraction of sp³-hybridized carbons (Fsp3) is 0.357. The maximum atomic E-state index is 4.60. The van der Waals surface area contributed by atoms with Crippen molar-refractivity contribution in [3.63, 3.8) is 0 Å². The summed E-state index contributed by atoms with van der Waals surface area (Å²) in [5.41, 5.74) is 4.33. The van der Waals surface area contributed by atoms with Gasteiger partial charge in [0.2, 0.25) is 0 Å². The third-order valence-electron chi connectivity index (χ3n) is 3.07. The second kappa shape index (κ2) is 5.12. The number of nitrogens with zero attached hydrogens (tertiary/aromatic N) is 3. The van der Waals surface area contributed by atoms with Gasteiger partial charge in [-0.15, -0.1) is 0 Å². The average molecular weight is 242 g/mol. The van der Waals surface area contributed by atoms with Crippen molar-refractivity contribution >= 4 is 5.82 Å². The highest BCUT2D eigenvalue weighted by Gasteiger charge is 2.11. The van der Waals surface area contributed by atoms with Gasteiger partial charge in [-0.2, -0.15) is 0 Å². The molecule has 0 unspecified atom stereocenters. The van der Waals surface area contributed by atoms with Crippen LogP contribution in [0.5, 0.6) is 0 Å². The molecule has 0 amide bonds. The highest BCUT2D eigenvalue weighted by Crippen LogP contribution is 2.24. The van der Waals surface area contributed by atoms with E-state index in [2.05, 4.69) is 27.2 Å². The van der Waals surface area contributed by atoms with Crippen LogP contribution in [0.4, 0.5) is 5.82 Å². The number of anilines is 1. The summed E-state index contributed by atoms with van der Waals surface area (Å²) in [4.78, 5) is 13.3. The first kappa shape index (κ1) is 12.5. The van der Waals surface area contributed by atoms with Gasteiger partial charge in [0.15, 0.2) is 5.82 Å². The predicted octanol–water partition coefficient (Wildman–Crippen LogP) is 2.76. The lowest BCUT2D eigenvalue weighted by atomic mass is 10.1. The van der Waals surface area contributed by atoms with E-state index in [4.69, 9.17) is 0 Å². The van der Waals surface area contributed by atoms with Crippen molar-refractivity contribution in [2.45, 2.75) is 27.2 Å². The van der Waals surface area contributed by atoms with Gasteiger partial charge in [0, 0.05) is 36.3 Å². The van der Waals surface area contributed by atoms with E-state index < -0.39 is 0 Å². The third-order valence-corrected chi connectivity index (χ3v) is 3.07. The monoisotopic (exact) mass is 242 g/mol. The Morgan fingerprint density at radius 2 is 2.00 bits per heavy atom. The molecule has 2 aromatic rings. The smallest absolute Gasteiger partial charge is 0.162 e. The SMILES string of the molecule is CCc1c(C)nc(-c2ccncc2C)nc1NC. The van der Waals surface area contributed by atoms with E-state index in [1.54, 1.807) is 6.20 Å². The van der Waals surface area contributed by atoms with Gasteiger partial charge in [0.1, 0.15) is 5.82 Å². The van der Waals surface area contributed by atoms with Crippen LogP contribution in [0.1, 0.15) is 23.7 Å². The lowest BCUT2D eigenvalue weighted by Gasteiger charge is -2.12. The van der Waals surface area contributed by atoms with E-state index in [-0.39, 0.29) is 0 Å². The molecule has 0 spiro atoms. The fourth-order valence-electron chi connectivity index (χ4n) is 2.07. The van der Waals surface area contributed by atoms with Gasteiger partial charge in [0.25, 0.3) is 0 Å². The Hall–Kier alpha value is -1.97. The summed E-state index contributed by atoms with van der Waals surface area (Å²) in [7, 11) is 1.89. The molecule has 0 aliphatic carbocycles. The molecule has 94 valence electrons. The van der Waals surface area contributed by atoms with Crippen LogP contribution in [0.15, 0.2) is 18.5 Å². The van der Waals surface area contributed by atoms with Crippen LogP contribution in [0.3, 0.4) is 0 Å². The number of hydrogen-bond acceptors (Lipinski definition) is 4. The number of aromatic nitrogens is 3. The topological polar surface area (TPSA) is 50.7 Å². The van der Waals surface area contributed by atoms with Gasteiger partial charge < -0.3 is 5.32 Å². The van der Waals surface area contributed by atoms with E-state index in [9.17, 15) is 0 Å². The van der Waals surface area contributed by atoms with E-state index >= 15 is 0 Å².